The third-order valence-electron chi connectivity index (χ3n) is 2.54. The van der Waals surface area contributed by atoms with Crippen molar-refractivity contribution >= 4 is 10.9 Å². The normalized spacial score (nSPS) is 14.0. The van der Waals surface area contributed by atoms with Crippen LogP contribution in [-0.2, 0) is 6.54 Å². The molecule has 1 aromatic heterocycles. The summed E-state index contributed by atoms with van der Waals surface area (Å²) in [4.78, 5) is 11.6. The molecule has 2 heterocycles. The van der Waals surface area contributed by atoms with Crippen LogP contribution >= 0.6 is 0 Å². The predicted molar refractivity (Wildman–Crippen MR) is 53.7 cm³/mol. The Bertz CT molecular complexity index is 557. The molecule has 1 aliphatic heterocycles. The second-order valence-corrected chi connectivity index (χ2v) is 3.37. The first kappa shape index (κ1) is 7.62. The highest BCUT2D eigenvalue weighted by Crippen LogP contribution is 2.26. The van der Waals surface area contributed by atoms with Crippen LogP contribution in [-0.4, -0.2) is 11.2 Å². The number of para-hydroxylation sites is 1. The molecule has 0 atom stereocenters. The van der Waals surface area contributed by atoms with Crippen LogP contribution in [0.2, 0.25) is 0 Å². The van der Waals surface area contributed by atoms with Crippen LogP contribution in [0.5, 0.6) is 5.75 Å². The molecule has 1 aliphatic rings. The first-order chi connectivity index (χ1) is 6.86. The van der Waals surface area contributed by atoms with Crippen molar-refractivity contribution in [2.75, 3.05) is 6.61 Å². The summed E-state index contributed by atoms with van der Waals surface area (Å²) in [5.74, 6) is 0.812. The summed E-state index contributed by atoms with van der Waals surface area (Å²) < 4.78 is 7.26. The Kier molecular flexibility index (Phi) is 1.42. The molecule has 3 rings (SSSR count). The molecule has 0 N–H and O–H groups in total. The van der Waals surface area contributed by atoms with Crippen molar-refractivity contribution in [1.82, 2.24) is 4.57 Å². The van der Waals surface area contributed by atoms with Crippen LogP contribution in [0.4, 0.5) is 0 Å². The van der Waals surface area contributed by atoms with Gasteiger partial charge in [-0.1, -0.05) is 12.1 Å². The zero-order chi connectivity index (χ0) is 9.54. The van der Waals surface area contributed by atoms with E-state index in [-0.39, 0.29) is 5.56 Å². The molecule has 0 spiro atoms. The average Bonchev–Trinajstić information content (AvgIpc) is 2.24. The fraction of sp³-hybridized carbons (Fsp3) is 0.182. The van der Waals surface area contributed by atoms with Gasteiger partial charge >= 0.3 is 0 Å². The van der Waals surface area contributed by atoms with E-state index in [0.717, 1.165) is 16.7 Å². The highest BCUT2D eigenvalue weighted by molar-refractivity contribution is 5.85. The van der Waals surface area contributed by atoms with Crippen LogP contribution < -0.4 is 10.3 Å². The molecule has 3 heteroatoms. The summed E-state index contributed by atoms with van der Waals surface area (Å²) in [6.07, 6.45) is 0. The van der Waals surface area contributed by atoms with Gasteiger partial charge in [0.25, 0.3) is 5.56 Å². The zero-order valence-electron chi connectivity index (χ0n) is 7.56. The Morgan fingerprint density at radius 1 is 1.21 bits per heavy atom. The van der Waals surface area contributed by atoms with Gasteiger partial charge in [-0.3, -0.25) is 4.79 Å². The molecule has 70 valence electrons. The zero-order valence-corrected chi connectivity index (χ0v) is 7.56. The molecule has 1 aromatic carbocycles. The molecule has 0 saturated carbocycles. The average molecular weight is 187 g/mol. The summed E-state index contributed by atoms with van der Waals surface area (Å²) in [6.45, 7) is 1.23. The van der Waals surface area contributed by atoms with E-state index in [0.29, 0.717) is 13.2 Å². The molecule has 14 heavy (non-hydrogen) atoms. The molecule has 2 aromatic rings. The summed E-state index contributed by atoms with van der Waals surface area (Å²) in [6, 6.07) is 9.28. The molecular formula is C11H9NO2. The van der Waals surface area contributed by atoms with Crippen LogP contribution in [0.25, 0.3) is 10.9 Å². The molecular weight excluding hydrogens is 178 g/mol. The van der Waals surface area contributed by atoms with Crippen molar-refractivity contribution in [2.24, 2.45) is 0 Å². The number of hydrogen-bond acceptors (Lipinski definition) is 2. The van der Waals surface area contributed by atoms with E-state index >= 15 is 0 Å². The van der Waals surface area contributed by atoms with Crippen LogP contribution in [0.1, 0.15) is 0 Å². The first-order valence-electron chi connectivity index (χ1n) is 4.62. The highest BCUT2D eigenvalue weighted by Gasteiger charge is 2.12. The molecule has 0 radical (unpaired) electrons. The van der Waals surface area contributed by atoms with Crippen LogP contribution in [0.15, 0.2) is 35.1 Å². The molecule has 0 unspecified atom stereocenters. The summed E-state index contributed by atoms with van der Waals surface area (Å²) in [5.41, 5.74) is 0.972. The van der Waals surface area contributed by atoms with E-state index in [9.17, 15) is 4.79 Å². The fourth-order valence-corrected chi connectivity index (χ4v) is 1.91. The number of ether oxygens (including phenoxy) is 1. The number of nitrogens with zero attached hydrogens (tertiary/aromatic N) is 1. The van der Waals surface area contributed by atoms with E-state index in [1.54, 1.807) is 10.6 Å². The first-order valence-corrected chi connectivity index (χ1v) is 4.62. The molecule has 0 fully saturated rings. The van der Waals surface area contributed by atoms with Gasteiger partial charge in [-0.05, 0) is 12.1 Å². The van der Waals surface area contributed by atoms with Gasteiger partial charge in [-0.15, -0.1) is 0 Å². The summed E-state index contributed by atoms with van der Waals surface area (Å²) in [7, 11) is 0. The second kappa shape index (κ2) is 2.61. The number of aromatic nitrogens is 1. The Hall–Kier alpha value is -1.77. The van der Waals surface area contributed by atoms with Crippen molar-refractivity contribution < 1.29 is 4.74 Å². The number of benzene rings is 1. The Morgan fingerprint density at radius 2 is 2.14 bits per heavy atom. The molecule has 0 amide bonds. The SMILES string of the molecule is O=c1ccc2cccc3c2n1CCO3. The maximum absolute atomic E-state index is 11.6. The minimum atomic E-state index is 0.0493. The molecule has 0 aliphatic carbocycles. The van der Waals surface area contributed by atoms with Crippen molar-refractivity contribution in [2.45, 2.75) is 6.54 Å². The Morgan fingerprint density at radius 3 is 3.07 bits per heavy atom. The van der Waals surface area contributed by atoms with Gasteiger partial charge in [-0.25, -0.2) is 0 Å². The minimum Gasteiger partial charge on any atom is -0.490 e. The Balaban J connectivity index is 2.57. The van der Waals surface area contributed by atoms with Gasteiger partial charge in [0.1, 0.15) is 12.4 Å². The molecule has 3 nitrogen and oxygen atoms in total. The fourth-order valence-electron chi connectivity index (χ4n) is 1.91. The maximum Gasteiger partial charge on any atom is 0.251 e. The third-order valence-corrected chi connectivity index (χ3v) is 2.54. The lowest BCUT2D eigenvalue weighted by atomic mass is 10.2. The topological polar surface area (TPSA) is 31.2 Å². The van der Waals surface area contributed by atoms with E-state index < -0.39 is 0 Å². The third kappa shape index (κ3) is 0.894. The summed E-state index contributed by atoms with van der Waals surface area (Å²) >= 11 is 0. The van der Waals surface area contributed by atoms with Gasteiger partial charge < -0.3 is 9.30 Å². The quantitative estimate of drug-likeness (QED) is 0.624. The number of hydrogen-bond donors (Lipinski definition) is 0. The maximum atomic E-state index is 11.6. The van der Waals surface area contributed by atoms with Gasteiger partial charge in [0.05, 0.1) is 12.1 Å². The predicted octanol–water partition coefficient (Wildman–Crippen LogP) is 1.39. The molecule has 0 bridgehead atoms. The van der Waals surface area contributed by atoms with E-state index in [4.69, 9.17) is 4.74 Å². The van der Waals surface area contributed by atoms with E-state index in [1.807, 2.05) is 24.3 Å². The molecule has 0 saturated heterocycles. The van der Waals surface area contributed by atoms with Crippen LogP contribution in [0.3, 0.4) is 0 Å². The summed E-state index contributed by atoms with van der Waals surface area (Å²) in [5, 5.41) is 1.06. The van der Waals surface area contributed by atoms with Crippen molar-refractivity contribution in [3.8, 4) is 5.75 Å². The van der Waals surface area contributed by atoms with Crippen LogP contribution in [0, 0.1) is 0 Å². The highest BCUT2D eigenvalue weighted by atomic mass is 16.5. The van der Waals surface area contributed by atoms with Gasteiger partial charge in [0, 0.05) is 11.5 Å². The lowest BCUT2D eigenvalue weighted by Crippen LogP contribution is -2.26. The number of rotatable bonds is 0. The van der Waals surface area contributed by atoms with Crippen molar-refractivity contribution in [1.29, 1.82) is 0 Å². The van der Waals surface area contributed by atoms with Crippen molar-refractivity contribution in [3.05, 3.63) is 40.7 Å². The minimum absolute atomic E-state index is 0.0493. The van der Waals surface area contributed by atoms with E-state index in [1.165, 1.54) is 0 Å². The number of pyridine rings is 1. The van der Waals surface area contributed by atoms with Gasteiger partial charge in [0.2, 0.25) is 0 Å². The second-order valence-electron chi connectivity index (χ2n) is 3.37. The monoisotopic (exact) mass is 187 g/mol. The van der Waals surface area contributed by atoms with Gasteiger partial charge in [-0.2, -0.15) is 0 Å². The van der Waals surface area contributed by atoms with E-state index in [2.05, 4.69) is 0 Å². The lowest BCUT2D eigenvalue weighted by molar-refractivity contribution is 0.284. The standard InChI is InChI=1S/C11H9NO2/c13-10-5-4-8-2-1-3-9-11(8)12(10)6-7-14-9/h1-5H,6-7H2. The van der Waals surface area contributed by atoms with Gasteiger partial charge in [0.15, 0.2) is 0 Å². The Labute approximate surface area is 80.5 Å². The smallest absolute Gasteiger partial charge is 0.251 e. The largest absolute Gasteiger partial charge is 0.490 e. The lowest BCUT2D eigenvalue weighted by Gasteiger charge is -2.19. The van der Waals surface area contributed by atoms with Crippen molar-refractivity contribution in [3.63, 3.8) is 0 Å².